The number of aromatic nitrogens is 5. The Labute approximate surface area is 139 Å². The van der Waals surface area contributed by atoms with E-state index in [-0.39, 0.29) is 11.1 Å². The zero-order chi connectivity index (χ0) is 17.6. The summed E-state index contributed by atoms with van der Waals surface area (Å²) in [6.07, 6.45) is 3.90. The predicted octanol–water partition coefficient (Wildman–Crippen LogP) is 2.68. The lowest BCUT2D eigenvalue weighted by atomic mass is 9.97. The summed E-state index contributed by atoms with van der Waals surface area (Å²) in [6, 6.07) is 3.24. The molecule has 0 saturated carbocycles. The maximum atomic E-state index is 14.5. The molecular formula is C16H12F2N6O. The number of benzene rings is 1. The Kier molecular flexibility index (Phi) is 3.41. The third kappa shape index (κ3) is 2.24. The summed E-state index contributed by atoms with van der Waals surface area (Å²) in [5, 5.41) is 13.3. The third-order valence-corrected chi connectivity index (χ3v) is 4.03. The number of hydrogen-bond acceptors (Lipinski definition) is 4. The molecule has 126 valence electrons. The minimum atomic E-state index is -0.948. The van der Waals surface area contributed by atoms with E-state index in [1.54, 1.807) is 25.3 Å². The second-order valence-corrected chi connectivity index (χ2v) is 5.40. The Balaban J connectivity index is 2.00. The SMILES string of the molecule is CCc1c(F)c(F)c2[nH]ncc2c1-c1ccn2nc(NC=O)cc2n1. The van der Waals surface area contributed by atoms with Crippen molar-refractivity contribution in [3.8, 4) is 11.3 Å². The Bertz CT molecular complexity index is 1120. The van der Waals surface area contributed by atoms with Crippen LogP contribution >= 0.6 is 0 Å². The van der Waals surface area contributed by atoms with Gasteiger partial charge in [0, 0.05) is 28.8 Å². The summed E-state index contributed by atoms with van der Waals surface area (Å²) in [7, 11) is 0. The highest BCUT2D eigenvalue weighted by Gasteiger charge is 2.22. The lowest BCUT2D eigenvalue weighted by molar-refractivity contribution is -0.105. The first kappa shape index (κ1) is 15.2. The number of nitrogens with zero attached hydrogens (tertiary/aromatic N) is 4. The van der Waals surface area contributed by atoms with Gasteiger partial charge in [0.15, 0.2) is 23.1 Å². The van der Waals surface area contributed by atoms with Gasteiger partial charge in [0.25, 0.3) is 0 Å². The average molecular weight is 342 g/mol. The monoisotopic (exact) mass is 342 g/mol. The molecule has 0 bridgehead atoms. The van der Waals surface area contributed by atoms with Gasteiger partial charge in [0.05, 0.1) is 11.9 Å². The van der Waals surface area contributed by atoms with Gasteiger partial charge in [-0.15, -0.1) is 5.10 Å². The van der Waals surface area contributed by atoms with E-state index in [1.807, 2.05) is 0 Å². The molecule has 0 aliphatic heterocycles. The minimum Gasteiger partial charge on any atom is -0.312 e. The molecule has 4 rings (SSSR count). The summed E-state index contributed by atoms with van der Waals surface area (Å²) in [5.74, 6) is -1.52. The van der Waals surface area contributed by atoms with Crippen molar-refractivity contribution in [3.63, 3.8) is 0 Å². The number of carbonyl (C=O) groups is 1. The standard InChI is InChI=1S/C16H12F2N6O/c1-2-8-13(9-6-20-22-16(9)15(18)14(8)17)10-3-4-24-12(21-10)5-11(23-24)19-7-25/h3-7H,2H2,1H3,(H,20,22)(H,19,23,25). The number of H-pyrrole nitrogens is 1. The van der Waals surface area contributed by atoms with Gasteiger partial charge < -0.3 is 5.32 Å². The fourth-order valence-corrected chi connectivity index (χ4v) is 2.93. The summed E-state index contributed by atoms with van der Waals surface area (Å²) in [5.41, 5.74) is 1.65. The molecule has 25 heavy (non-hydrogen) atoms. The first-order chi connectivity index (χ1) is 12.1. The van der Waals surface area contributed by atoms with E-state index in [0.717, 1.165) is 0 Å². The van der Waals surface area contributed by atoms with Crippen molar-refractivity contribution in [2.75, 3.05) is 5.32 Å². The first-order valence-electron chi connectivity index (χ1n) is 7.54. The number of amides is 1. The normalized spacial score (nSPS) is 11.3. The van der Waals surface area contributed by atoms with Crippen molar-refractivity contribution >= 4 is 28.8 Å². The molecule has 0 spiro atoms. The van der Waals surface area contributed by atoms with Gasteiger partial charge in [0.2, 0.25) is 6.41 Å². The Morgan fingerprint density at radius 1 is 1.36 bits per heavy atom. The molecule has 0 unspecified atom stereocenters. The number of rotatable bonds is 4. The van der Waals surface area contributed by atoms with Crippen molar-refractivity contribution < 1.29 is 13.6 Å². The Morgan fingerprint density at radius 2 is 2.20 bits per heavy atom. The summed E-state index contributed by atoms with van der Waals surface area (Å²) >= 11 is 0. The van der Waals surface area contributed by atoms with Gasteiger partial charge in [0.1, 0.15) is 5.52 Å². The number of anilines is 1. The van der Waals surface area contributed by atoms with Crippen LogP contribution in [0.25, 0.3) is 27.8 Å². The zero-order valence-corrected chi connectivity index (χ0v) is 13.0. The highest BCUT2D eigenvalue weighted by molar-refractivity contribution is 5.96. The number of aromatic amines is 1. The first-order valence-corrected chi connectivity index (χ1v) is 7.54. The fraction of sp³-hybridized carbons (Fsp3) is 0.125. The minimum absolute atomic E-state index is 0.00296. The molecule has 0 atom stereocenters. The zero-order valence-electron chi connectivity index (χ0n) is 13.0. The molecule has 2 N–H and O–H groups in total. The number of carbonyl (C=O) groups excluding carboxylic acids is 1. The second kappa shape index (κ2) is 5.62. The summed E-state index contributed by atoms with van der Waals surface area (Å²) in [4.78, 5) is 15.0. The van der Waals surface area contributed by atoms with E-state index < -0.39 is 11.6 Å². The van der Waals surface area contributed by atoms with E-state index in [9.17, 15) is 13.6 Å². The van der Waals surface area contributed by atoms with Gasteiger partial charge in [-0.2, -0.15) is 5.10 Å². The molecular weight excluding hydrogens is 330 g/mol. The topological polar surface area (TPSA) is 88.0 Å². The van der Waals surface area contributed by atoms with Crippen LogP contribution < -0.4 is 5.32 Å². The fourth-order valence-electron chi connectivity index (χ4n) is 2.93. The molecule has 4 aromatic rings. The molecule has 0 radical (unpaired) electrons. The van der Waals surface area contributed by atoms with Crippen LogP contribution in [0.5, 0.6) is 0 Å². The Morgan fingerprint density at radius 3 is 2.96 bits per heavy atom. The van der Waals surface area contributed by atoms with Crippen LogP contribution in [0.15, 0.2) is 24.5 Å². The molecule has 3 heterocycles. The summed E-state index contributed by atoms with van der Waals surface area (Å²) in [6.45, 7) is 1.75. The van der Waals surface area contributed by atoms with Crippen molar-refractivity contribution in [1.29, 1.82) is 0 Å². The summed E-state index contributed by atoms with van der Waals surface area (Å²) < 4.78 is 30.1. The molecule has 0 aliphatic carbocycles. The van der Waals surface area contributed by atoms with Crippen LogP contribution in [-0.4, -0.2) is 31.2 Å². The van der Waals surface area contributed by atoms with Crippen LogP contribution in [0.1, 0.15) is 12.5 Å². The van der Waals surface area contributed by atoms with E-state index in [4.69, 9.17) is 0 Å². The van der Waals surface area contributed by atoms with Crippen LogP contribution in [0.4, 0.5) is 14.6 Å². The van der Waals surface area contributed by atoms with Crippen molar-refractivity contribution in [3.05, 3.63) is 41.7 Å². The molecule has 3 aromatic heterocycles. The maximum absolute atomic E-state index is 14.5. The second-order valence-electron chi connectivity index (χ2n) is 5.40. The van der Waals surface area contributed by atoms with Gasteiger partial charge in [-0.25, -0.2) is 18.3 Å². The van der Waals surface area contributed by atoms with E-state index in [2.05, 4.69) is 25.6 Å². The molecule has 7 nitrogen and oxygen atoms in total. The largest absolute Gasteiger partial charge is 0.312 e. The lowest BCUT2D eigenvalue weighted by Crippen LogP contribution is -2.01. The average Bonchev–Trinajstić information content (AvgIpc) is 3.24. The van der Waals surface area contributed by atoms with Gasteiger partial charge in [-0.05, 0) is 12.5 Å². The van der Waals surface area contributed by atoms with Gasteiger partial charge in [-0.3, -0.25) is 9.89 Å². The molecule has 1 amide bonds. The predicted molar refractivity (Wildman–Crippen MR) is 87.1 cm³/mol. The quantitative estimate of drug-likeness (QED) is 0.558. The lowest BCUT2D eigenvalue weighted by Gasteiger charge is -2.11. The number of hydrogen-bond donors (Lipinski definition) is 2. The molecule has 9 heteroatoms. The molecule has 1 aromatic carbocycles. The maximum Gasteiger partial charge on any atom is 0.212 e. The van der Waals surface area contributed by atoms with Crippen molar-refractivity contribution in [2.24, 2.45) is 0 Å². The highest BCUT2D eigenvalue weighted by Crippen LogP contribution is 2.34. The molecule has 0 aliphatic rings. The Hall–Kier alpha value is -3.36. The van der Waals surface area contributed by atoms with Gasteiger partial charge in [-0.1, -0.05) is 6.92 Å². The van der Waals surface area contributed by atoms with E-state index >= 15 is 0 Å². The number of nitrogens with one attached hydrogen (secondary N) is 2. The van der Waals surface area contributed by atoms with Crippen molar-refractivity contribution in [2.45, 2.75) is 13.3 Å². The molecule has 0 fully saturated rings. The van der Waals surface area contributed by atoms with Crippen LogP contribution in [-0.2, 0) is 11.2 Å². The number of fused-ring (bicyclic) bond motifs is 2. The van der Waals surface area contributed by atoms with Crippen LogP contribution in [0.2, 0.25) is 0 Å². The van der Waals surface area contributed by atoms with Crippen LogP contribution in [0.3, 0.4) is 0 Å². The number of halogens is 2. The smallest absolute Gasteiger partial charge is 0.212 e. The van der Waals surface area contributed by atoms with Gasteiger partial charge >= 0.3 is 0 Å². The molecule has 0 saturated heterocycles. The van der Waals surface area contributed by atoms with Crippen LogP contribution in [0, 0.1) is 11.6 Å². The third-order valence-electron chi connectivity index (χ3n) is 4.03. The van der Waals surface area contributed by atoms with Crippen molar-refractivity contribution in [1.82, 2.24) is 24.8 Å². The van der Waals surface area contributed by atoms with E-state index in [1.165, 1.54) is 10.7 Å². The highest BCUT2D eigenvalue weighted by atomic mass is 19.2. The van der Waals surface area contributed by atoms with E-state index in [0.29, 0.717) is 40.9 Å².